The van der Waals surface area contributed by atoms with Gasteiger partial charge in [0.05, 0.1) is 16.5 Å². The zero-order chi connectivity index (χ0) is 13.3. The number of aliphatic hydroxyl groups is 1. The Kier molecular flexibility index (Phi) is 4.35. The summed E-state index contributed by atoms with van der Waals surface area (Å²) < 4.78 is 27.2. The van der Waals surface area contributed by atoms with E-state index in [9.17, 15) is 13.5 Å². The summed E-state index contributed by atoms with van der Waals surface area (Å²) in [6, 6.07) is 6.55. The van der Waals surface area contributed by atoms with Crippen molar-refractivity contribution in [3.8, 4) is 0 Å². The van der Waals surface area contributed by atoms with E-state index in [-0.39, 0.29) is 4.90 Å². The Labute approximate surface area is 110 Å². The summed E-state index contributed by atoms with van der Waals surface area (Å²) in [5.74, 6) is 0. The SMILES string of the molecule is CC(O)C(C)(C)NS(=O)(=O)c1ccccc1Br. The fraction of sp³-hybridized carbons (Fsp3) is 0.455. The van der Waals surface area contributed by atoms with Crippen LogP contribution in [0.25, 0.3) is 0 Å². The predicted molar refractivity (Wildman–Crippen MR) is 70.2 cm³/mol. The molecule has 0 aliphatic carbocycles. The van der Waals surface area contributed by atoms with E-state index in [4.69, 9.17) is 0 Å². The molecule has 96 valence electrons. The number of benzene rings is 1. The Morgan fingerprint density at radius 3 is 2.35 bits per heavy atom. The van der Waals surface area contributed by atoms with Gasteiger partial charge >= 0.3 is 0 Å². The summed E-state index contributed by atoms with van der Waals surface area (Å²) in [4.78, 5) is 0.161. The lowest BCUT2D eigenvalue weighted by atomic mass is 10.0. The zero-order valence-corrected chi connectivity index (χ0v) is 12.3. The molecular formula is C11H16BrNO3S. The van der Waals surface area contributed by atoms with E-state index < -0.39 is 21.7 Å². The minimum absolute atomic E-state index is 0.161. The van der Waals surface area contributed by atoms with Crippen molar-refractivity contribution in [1.82, 2.24) is 4.72 Å². The van der Waals surface area contributed by atoms with Gasteiger partial charge in [0, 0.05) is 4.47 Å². The Morgan fingerprint density at radius 2 is 1.88 bits per heavy atom. The van der Waals surface area contributed by atoms with Gasteiger partial charge in [-0.05, 0) is 48.8 Å². The van der Waals surface area contributed by atoms with Crippen molar-refractivity contribution in [2.24, 2.45) is 0 Å². The van der Waals surface area contributed by atoms with Crippen LogP contribution >= 0.6 is 15.9 Å². The second-order valence-electron chi connectivity index (χ2n) is 4.43. The molecule has 0 fully saturated rings. The van der Waals surface area contributed by atoms with Crippen LogP contribution in [0.2, 0.25) is 0 Å². The van der Waals surface area contributed by atoms with Gasteiger partial charge in [0.1, 0.15) is 0 Å². The van der Waals surface area contributed by atoms with Crippen LogP contribution in [0.3, 0.4) is 0 Å². The molecule has 0 saturated heterocycles. The first-order chi connectivity index (χ1) is 7.67. The standard InChI is InChI=1S/C11H16BrNO3S/c1-8(14)11(2,3)13-17(15,16)10-7-5-4-6-9(10)12/h4-8,13-14H,1-3H3. The van der Waals surface area contributed by atoms with E-state index in [0.29, 0.717) is 4.47 Å². The summed E-state index contributed by atoms with van der Waals surface area (Å²) in [6.07, 6.45) is -0.792. The molecule has 1 atom stereocenters. The van der Waals surface area contributed by atoms with Crippen LogP contribution in [0.4, 0.5) is 0 Å². The third-order valence-corrected chi connectivity index (χ3v) is 5.25. The summed E-state index contributed by atoms with van der Waals surface area (Å²) in [6.45, 7) is 4.81. The van der Waals surface area contributed by atoms with E-state index in [2.05, 4.69) is 20.7 Å². The summed E-state index contributed by atoms with van der Waals surface area (Å²) in [5, 5.41) is 9.52. The molecule has 0 aliphatic heterocycles. The zero-order valence-electron chi connectivity index (χ0n) is 9.94. The van der Waals surface area contributed by atoms with Gasteiger partial charge < -0.3 is 5.11 Å². The summed E-state index contributed by atoms with van der Waals surface area (Å²) in [7, 11) is -3.65. The molecule has 1 aromatic rings. The van der Waals surface area contributed by atoms with Gasteiger partial charge in [0.15, 0.2) is 0 Å². The third kappa shape index (κ3) is 3.51. The normalized spacial score (nSPS) is 14.6. The maximum Gasteiger partial charge on any atom is 0.242 e. The Morgan fingerprint density at radius 1 is 1.35 bits per heavy atom. The van der Waals surface area contributed by atoms with Crippen LogP contribution < -0.4 is 4.72 Å². The molecule has 0 radical (unpaired) electrons. The number of sulfonamides is 1. The fourth-order valence-corrected chi connectivity index (χ4v) is 3.63. The van der Waals surface area contributed by atoms with E-state index >= 15 is 0 Å². The van der Waals surface area contributed by atoms with Crippen LogP contribution in [0, 0.1) is 0 Å². The van der Waals surface area contributed by atoms with Crippen molar-refractivity contribution in [1.29, 1.82) is 0 Å². The van der Waals surface area contributed by atoms with Gasteiger partial charge in [-0.3, -0.25) is 0 Å². The highest BCUT2D eigenvalue weighted by molar-refractivity contribution is 9.10. The van der Waals surface area contributed by atoms with Crippen LogP contribution in [0.5, 0.6) is 0 Å². The molecule has 17 heavy (non-hydrogen) atoms. The number of rotatable bonds is 4. The molecule has 1 rings (SSSR count). The molecule has 1 unspecified atom stereocenters. The summed E-state index contributed by atoms with van der Waals surface area (Å²) in [5.41, 5.74) is -0.923. The molecule has 4 nitrogen and oxygen atoms in total. The van der Waals surface area contributed by atoms with Crippen molar-refractivity contribution in [2.75, 3.05) is 0 Å². The van der Waals surface area contributed by atoms with Gasteiger partial charge in [-0.1, -0.05) is 12.1 Å². The van der Waals surface area contributed by atoms with Gasteiger partial charge in [-0.15, -0.1) is 0 Å². The lowest BCUT2D eigenvalue weighted by Crippen LogP contribution is -2.50. The minimum Gasteiger partial charge on any atom is -0.391 e. The van der Waals surface area contributed by atoms with Crippen molar-refractivity contribution in [2.45, 2.75) is 37.3 Å². The molecule has 2 N–H and O–H groups in total. The molecular weight excluding hydrogens is 306 g/mol. The molecule has 6 heteroatoms. The minimum atomic E-state index is -3.65. The van der Waals surface area contributed by atoms with Crippen molar-refractivity contribution in [3.05, 3.63) is 28.7 Å². The average Bonchev–Trinajstić information content (AvgIpc) is 2.16. The van der Waals surface area contributed by atoms with E-state index in [0.717, 1.165) is 0 Å². The Balaban J connectivity index is 3.11. The van der Waals surface area contributed by atoms with Crippen LogP contribution in [-0.4, -0.2) is 25.2 Å². The van der Waals surface area contributed by atoms with Crippen LogP contribution in [0.15, 0.2) is 33.6 Å². The first-order valence-electron chi connectivity index (χ1n) is 5.13. The second kappa shape index (κ2) is 5.06. The predicted octanol–water partition coefficient (Wildman–Crippen LogP) is 1.89. The number of hydrogen-bond donors (Lipinski definition) is 2. The van der Waals surface area contributed by atoms with E-state index in [1.165, 1.54) is 6.07 Å². The molecule has 0 bridgehead atoms. The molecule has 0 spiro atoms. The molecule has 1 aromatic carbocycles. The largest absolute Gasteiger partial charge is 0.391 e. The van der Waals surface area contributed by atoms with Gasteiger partial charge in [0.25, 0.3) is 0 Å². The molecule has 0 aliphatic rings. The van der Waals surface area contributed by atoms with Gasteiger partial charge in [0.2, 0.25) is 10.0 Å². The quantitative estimate of drug-likeness (QED) is 0.890. The van der Waals surface area contributed by atoms with Crippen molar-refractivity contribution < 1.29 is 13.5 Å². The molecule has 0 heterocycles. The van der Waals surface area contributed by atoms with Crippen LogP contribution in [-0.2, 0) is 10.0 Å². The fourth-order valence-electron chi connectivity index (χ4n) is 1.15. The van der Waals surface area contributed by atoms with Crippen molar-refractivity contribution >= 4 is 26.0 Å². The highest BCUT2D eigenvalue weighted by atomic mass is 79.9. The number of nitrogens with one attached hydrogen (secondary N) is 1. The number of aliphatic hydroxyl groups excluding tert-OH is 1. The molecule has 0 amide bonds. The topological polar surface area (TPSA) is 66.4 Å². The van der Waals surface area contributed by atoms with Crippen molar-refractivity contribution in [3.63, 3.8) is 0 Å². The highest BCUT2D eigenvalue weighted by Crippen LogP contribution is 2.23. The average molecular weight is 322 g/mol. The molecule has 0 aromatic heterocycles. The highest BCUT2D eigenvalue weighted by Gasteiger charge is 2.31. The van der Waals surface area contributed by atoms with E-state index in [1.807, 2.05) is 0 Å². The van der Waals surface area contributed by atoms with Crippen LogP contribution in [0.1, 0.15) is 20.8 Å². The summed E-state index contributed by atoms with van der Waals surface area (Å²) >= 11 is 3.19. The van der Waals surface area contributed by atoms with Gasteiger partial charge in [-0.25, -0.2) is 13.1 Å². The first-order valence-corrected chi connectivity index (χ1v) is 7.41. The lowest BCUT2D eigenvalue weighted by molar-refractivity contribution is 0.111. The Bertz CT molecular complexity index is 497. The number of halogens is 1. The maximum absolute atomic E-state index is 12.1. The monoisotopic (exact) mass is 321 g/mol. The van der Waals surface area contributed by atoms with Gasteiger partial charge in [-0.2, -0.15) is 0 Å². The third-order valence-electron chi connectivity index (χ3n) is 2.57. The first kappa shape index (κ1) is 14.6. The molecule has 0 saturated carbocycles. The Hall–Kier alpha value is -0.430. The number of hydrogen-bond acceptors (Lipinski definition) is 3. The lowest BCUT2D eigenvalue weighted by Gasteiger charge is -2.29. The smallest absolute Gasteiger partial charge is 0.242 e. The maximum atomic E-state index is 12.1. The second-order valence-corrected chi connectivity index (χ2v) is 6.94. The van der Waals surface area contributed by atoms with E-state index in [1.54, 1.807) is 39.0 Å².